The SMILES string of the molecule is COC(=O)[C@H](Cc1cccc(C(=N)N)c1)C(C)NC(=O)c1ccc(-c2ccc[n+]([O-])c2)cc1. The Morgan fingerprint density at radius 1 is 1.09 bits per heavy atom. The first kappa shape index (κ1) is 23.5. The van der Waals surface area contributed by atoms with E-state index in [9.17, 15) is 14.8 Å². The molecule has 0 aliphatic heterocycles. The standard InChI is InChI=1S/C25H26N4O4/c1-16(22(25(31)33-2)14-17-5-3-6-20(13-17)23(26)27)28-24(30)19-10-8-18(9-11-19)21-7-4-12-29(32)15-21/h3-13,15-16,22H,14H2,1-2H3,(H3,26,27)(H,28,30)/t16?,22-/m1/s1. The Hall–Kier alpha value is -4.20. The third-order valence-corrected chi connectivity index (χ3v) is 5.42. The van der Waals surface area contributed by atoms with Crippen molar-refractivity contribution in [3.05, 3.63) is 95.0 Å². The number of carbonyl (C=O) groups is 2. The second kappa shape index (κ2) is 10.4. The number of nitrogens with zero attached hydrogens (tertiary/aromatic N) is 1. The lowest BCUT2D eigenvalue weighted by atomic mass is 9.92. The minimum atomic E-state index is -0.628. The summed E-state index contributed by atoms with van der Waals surface area (Å²) in [7, 11) is 1.31. The molecule has 0 bridgehead atoms. The van der Waals surface area contributed by atoms with Crippen molar-refractivity contribution in [2.45, 2.75) is 19.4 Å². The van der Waals surface area contributed by atoms with Crippen molar-refractivity contribution >= 4 is 17.7 Å². The lowest BCUT2D eigenvalue weighted by Crippen LogP contribution is -2.42. The first-order valence-electron chi connectivity index (χ1n) is 10.4. The number of hydrogen-bond acceptors (Lipinski definition) is 5. The Kier molecular flexibility index (Phi) is 7.40. The average molecular weight is 447 g/mol. The normalized spacial score (nSPS) is 12.4. The van der Waals surface area contributed by atoms with E-state index in [0.29, 0.717) is 17.5 Å². The molecule has 0 radical (unpaired) electrons. The predicted molar refractivity (Wildman–Crippen MR) is 124 cm³/mol. The maximum atomic E-state index is 12.8. The van der Waals surface area contributed by atoms with Gasteiger partial charge < -0.3 is 21.0 Å². The Morgan fingerprint density at radius 3 is 2.45 bits per heavy atom. The minimum Gasteiger partial charge on any atom is -0.619 e. The summed E-state index contributed by atoms with van der Waals surface area (Å²) in [6.07, 6.45) is 3.18. The quantitative estimate of drug-likeness (QED) is 0.161. The summed E-state index contributed by atoms with van der Waals surface area (Å²) < 4.78 is 5.68. The van der Waals surface area contributed by atoms with E-state index in [1.165, 1.54) is 19.5 Å². The van der Waals surface area contributed by atoms with Gasteiger partial charge in [-0.15, -0.1) is 0 Å². The Bertz CT molecular complexity index is 1160. The summed E-state index contributed by atoms with van der Waals surface area (Å²) in [6.45, 7) is 1.75. The number of amidine groups is 1. The van der Waals surface area contributed by atoms with E-state index < -0.39 is 17.9 Å². The molecule has 0 fully saturated rings. The van der Waals surface area contributed by atoms with E-state index in [4.69, 9.17) is 15.9 Å². The van der Waals surface area contributed by atoms with Gasteiger partial charge in [-0.2, -0.15) is 4.73 Å². The van der Waals surface area contributed by atoms with Gasteiger partial charge in [-0.05, 0) is 48.7 Å². The molecule has 170 valence electrons. The van der Waals surface area contributed by atoms with Gasteiger partial charge in [0.25, 0.3) is 5.91 Å². The summed E-state index contributed by atoms with van der Waals surface area (Å²) in [5, 5.41) is 22.0. The molecule has 0 aliphatic rings. The molecule has 0 saturated carbocycles. The second-order valence-electron chi connectivity index (χ2n) is 7.74. The van der Waals surface area contributed by atoms with Gasteiger partial charge in [0.15, 0.2) is 12.4 Å². The van der Waals surface area contributed by atoms with Gasteiger partial charge in [0.1, 0.15) is 5.84 Å². The lowest BCUT2D eigenvalue weighted by Gasteiger charge is -2.23. The number of amides is 1. The van der Waals surface area contributed by atoms with Crippen LogP contribution in [-0.2, 0) is 16.0 Å². The number of benzene rings is 2. The Morgan fingerprint density at radius 2 is 1.82 bits per heavy atom. The van der Waals surface area contributed by atoms with Gasteiger partial charge in [-0.1, -0.05) is 30.3 Å². The summed E-state index contributed by atoms with van der Waals surface area (Å²) in [4.78, 5) is 25.3. The van der Waals surface area contributed by atoms with Gasteiger partial charge in [-0.3, -0.25) is 15.0 Å². The summed E-state index contributed by atoms with van der Waals surface area (Å²) in [5.74, 6) is -1.46. The van der Waals surface area contributed by atoms with Crippen LogP contribution in [0.1, 0.15) is 28.4 Å². The third-order valence-electron chi connectivity index (χ3n) is 5.42. The molecule has 8 heteroatoms. The van der Waals surface area contributed by atoms with Gasteiger partial charge in [-0.25, -0.2) is 0 Å². The third kappa shape index (κ3) is 5.94. The van der Waals surface area contributed by atoms with Crippen molar-refractivity contribution in [2.24, 2.45) is 11.7 Å². The van der Waals surface area contributed by atoms with Crippen molar-refractivity contribution in [3.63, 3.8) is 0 Å². The van der Waals surface area contributed by atoms with E-state index in [1.807, 2.05) is 12.1 Å². The first-order chi connectivity index (χ1) is 15.8. The van der Waals surface area contributed by atoms with Crippen LogP contribution in [0.4, 0.5) is 0 Å². The number of rotatable bonds is 8. The molecule has 4 N–H and O–H groups in total. The Balaban J connectivity index is 1.73. The van der Waals surface area contributed by atoms with E-state index in [-0.39, 0.29) is 11.7 Å². The summed E-state index contributed by atoms with van der Waals surface area (Å²) in [6, 6.07) is 16.9. The topological polar surface area (TPSA) is 132 Å². The van der Waals surface area contributed by atoms with Crippen molar-refractivity contribution in [3.8, 4) is 11.1 Å². The molecule has 8 nitrogen and oxygen atoms in total. The van der Waals surface area contributed by atoms with Crippen LogP contribution < -0.4 is 15.8 Å². The number of ether oxygens (including phenoxy) is 1. The number of methoxy groups -OCH3 is 1. The molecule has 0 spiro atoms. The van der Waals surface area contributed by atoms with E-state index in [0.717, 1.165) is 21.4 Å². The van der Waals surface area contributed by atoms with Crippen LogP contribution in [0, 0.1) is 16.5 Å². The van der Waals surface area contributed by atoms with Crippen LogP contribution in [0.25, 0.3) is 11.1 Å². The number of aromatic nitrogens is 1. The lowest BCUT2D eigenvalue weighted by molar-refractivity contribution is -0.604. The molecule has 3 rings (SSSR count). The maximum Gasteiger partial charge on any atom is 0.311 e. The average Bonchev–Trinajstić information content (AvgIpc) is 2.82. The number of pyridine rings is 1. The molecule has 1 unspecified atom stereocenters. The fourth-order valence-corrected chi connectivity index (χ4v) is 3.57. The zero-order valence-electron chi connectivity index (χ0n) is 18.4. The van der Waals surface area contributed by atoms with E-state index in [2.05, 4.69) is 5.32 Å². The fourth-order valence-electron chi connectivity index (χ4n) is 3.57. The maximum absolute atomic E-state index is 12.8. The molecule has 1 heterocycles. The molecule has 2 atom stereocenters. The van der Waals surface area contributed by atoms with Gasteiger partial charge in [0, 0.05) is 28.8 Å². The first-order valence-corrected chi connectivity index (χ1v) is 10.4. The molecule has 33 heavy (non-hydrogen) atoms. The van der Waals surface area contributed by atoms with Crippen molar-refractivity contribution in [1.82, 2.24) is 5.32 Å². The predicted octanol–water partition coefficient (Wildman–Crippen LogP) is 2.42. The molecule has 3 aromatic rings. The minimum absolute atomic E-state index is 0.0585. The highest BCUT2D eigenvalue weighted by Crippen LogP contribution is 2.19. The highest BCUT2D eigenvalue weighted by molar-refractivity contribution is 5.95. The largest absolute Gasteiger partial charge is 0.619 e. The number of carbonyl (C=O) groups excluding carboxylic acids is 2. The summed E-state index contributed by atoms with van der Waals surface area (Å²) in [5.41, 5.74) is 8.91. The zero-order chi connectivity index (χ0) is 24.0. The van der Waals surface area contributed by atoms with E-state index >= 15 is 0 Å². The summed E-state index contributed by atoms with van der Waals surface area (Å²) >= 11 is 0. The number of esters is 1. The number of nitrogens with one attached hydrogen (secondary N) is 2. The van der Waals surface area contributed by atoms with Crippen LogP contribution in [0.15, 0.2) is 73.1 Å². The molecular formula is C25H26N4O4. The van der Waals surface area contributed by atoms with E-state index in [1.54, 1.807) is 55.5 Å². The van der Waals surface area contributed by atoms with Crippen LogP contribution in [0.2, 0.25) is 0 Å². The number of nitrogen functional groups attached to an aromatic ring is 1. The highest BCUT2D eigenvalue weighted by Gasteiger charge is 2.28. The molecule has 1 aromatic heterocycles. The Labute approximate surface area is 192 Å². The van der Waals surface area contributed by atoms with Crippen LogP contribution in [0.5, 0.6) is 0 Å². The number of nitrogens with two attached hydrogens (primary N) is 1. The van der Waals surface area contributed by atoms with Gasteiger partial charge in [0.2, 0.25) is 0 Å². The molecular weight excluding hydrogens is 420 g/mol. The second-order valence-corrected chi connectivity index (χ2v) is 7.74. The molecule has 1 amide bonds. The monoisotopic (exact) mass is 446 g/mol. The molecule has 0 saturated heterocycles. The fraction of sp³-hybridized carbons (Fsp3) is 0.200. The smallest absolute Gasteiger partial charge is 0.311 e. The van der Waals surface area contributed by atoms with Crippen molar-refractivity contribution < 1.29 is 19.1 Å². The van der Waals surface area contributed by atoms with Crippen LogP contribution in [-0.4, -0.2) is 30.9 Å². The van der Waals surface area contributed by atoms with Gasteiger partial charge >= 0.3 is 5.97 Å². The van der Waals surface area contributed by atoms with Crippen molar-refractivity contribution in [2.75, 3.05) is 7.11 Å². The highest BCUT2D eigenvalue weighted by atomic mass is 16.5. The molecule has 2 aromatic carbocycles. The number of hydrogen-bond donors (Lipinski definition) is 3. The van der Waals surface area contributed by atoms with Gasteiger partial charge in [0.05, 0.1) is 13.0 Å². The molecule has 0 aliphatic carbocycles. The van der Waals surface area contributed by atoms with Crippen molar-refractivity contribution in [1.29, 1.82) is 5.41 Å². The van der Waals surface area contributed by atoms with Crippen LogP contribution >= 0.6 is 0 Å². The zero-order valence-corrected chi connectivity index (χ0v) is 18.4. The van der Waals surface area contributed by atoms with Crippen LogP contribution in [0.3, 0.4) is 0 Å².